The highest BCUT2D eigenvalue weighted by Crippen LogP contribution is 2.28. The Morgan fingerprint density at radius 3 is 2.82 bits per heavy atom. The summed E-state index contributed by atoms with van der Waals surface area (Å²) in [5.41, 5.74) is 2.20. The average molecular weight is 385 g/mol. The van der Waals surface area contributed by atoms with Gasteiger partial charge in [-0.15, -0.1) is 5.10 Å². The van der Waals surface area contributed by atoms with Crippen LogP contribution in [-0.2, 0) is 11.3 Å². The Morgan fingerprint density at radius 1 is 1.32 bits per heavy atom. The molecule has 0 saturated carbocycles. The van der Waals surface area contributed by atoms with E-state index >= 15 is 0 Å². The fraction of sp³-hybridized carbons (Fsp3) is 0.316. The summed E-state index contributed by atoms with van der Waals surface area (Å²) in [5.74, 6) is 0.734. The third kappa shape index (κ3) is 4.56. The third-order valence-electron chi connectivity index (χ3n) is 4.14. The highest BCUT2D eigenvalue weighted by Gasteiger charge is 2.16. The number of urea groups is 1. The number of methoxy groups -OCH3 is 1. The van der Waals surface area contributed by atoms with Gasteiger partial charge in [-0.25, -0.2) is 9.78 Å². The summed E-state index contributed by atoms with van der Waals surface area (Å²) in [7, 11) is 1.51. The second kappa shape index (κ2) is 9.16. The molecule has 0 saturated heterocycles. The summed E-state index contributed by atoms with van der Waals surface area (Å²) in [4.78, 5) is 16.8. The predicted molar refractivity (Wildman–Crippen MR) is 104 cm³/mol. The number of benzene rings is 1. The number of nitrogens with zero attached hydrogens (tertiary/aromatic N) is 2. The Morgan fingerprint density at radius 2 is 2.11 bits per heavy atom. The van der Waals surface area contributed by atoms with Crippen molar-refractivity contribution in [2.24, 2.45) is 0 Å². The van der Waals surface area contributed by atoms with Crippen LogP contribution in [0, 0.1) is 0 Å². The van der Waals surface area contributed by atoms with Crippen molar-refractivity contribution in [3.63, 3.8) is 0 Å². The highest BCUT2D eigenvalue weighted by atomic mass is 16.5. The van der Waals surface area contributed by atoms with Crippen molar-refractivity contribution >= 4 is 22.8 Å². The maximum atomic E-state index is 12.4. The summed E-state index contributed by atoms with van der Waals surface area (Å²) < 4.78 is 10.6. The van der Waals surface area contributed by atoms with Crippen LogP contribution in [0.2, 0.25) is 0 Å². The topological polar surface area (TPSA) is 121 Å². The number of carbonyl (C=O) groups excluding carboxylic acids is 1. The smallest absolute Gasteiger partial charge is 0.320 e. The molecule has 3 rings (SSSR count). The van der Waals surface area contributed by atoms with E-state index in [1.54, 1.807) is 6.07 Å². The molecule has 1 aromatic carbocycles. The number of aromatic nitrogens is 3. The third-order valence-corrected chi connectivity index (χ3v) is 4.14. The van der Waals surface area contributed by atoms with Crippen molar-refractivity contribution in [3.05, 3.63) is 47.7 Å². The molecular formula is C19H23N5O4. The first-order valence-corrected chi connectivity index (χ1v) is 8.85. The Kier molecular flexibility index (Phi) is 6.41. The van der Waals surface area contributed by atoms with Gasteiger partial charge in [-0.1, -0.05) is 30.3 Å². The van der Waals surface area contributed by atoms with E-state index in [1.807, 2.05) is 37.3 Å². The van der Waals surface area contributed by atoms with E-state index in [0.717, 1.165) is 5.56 Å². The normalized spacial score (nSPS) is 12.0. The van der Waals surface area contributed by atoms with E-state index in [1.165, 1.54) is 7.11 Å². The molecule has 0 aliphatic carbocycles. The lowest BCUT2D eigenvalue weighted by molar-refractivity contribution is 0.0804. The molecule has 0 unspecified atom stereocenters. The lowest BCUT2D eigenvalue weighted by Crippen LogP contribution is -2.31. The number of amides is 2. The maximum Gasteiger partial charge on any atom is 0.320 e. The first kappa shape index (κ1) is 19.6. The molecule has 1 atom stereocenters. The Labute approximate surface area is 162 Å². The summed E-state index contributed by atoms with van der Waals surface area (Å²) in [6.45, 7) is 2.13. The number of H-pyrrole nitrogens is 1. The molecule has 2 aromatic heterocycles. The van der Waals surface area contributed by atoms with Gasteiger partial charge < -0.3 is 19.9 Å². The molecule has 0 fully saturated rings. The van der Waals surface area contributed by atoms with Crippen LogP contribution in [0.3, 0.4) is 0 Å². The van der Waals surface area contributed by atoms with Crippen molar-refractivity contribution in [2.75, 3.05) is 25.6 Å². The molecule has 9 nitrogen and oxygen atoms in total. The van der Waals surface area contributed by atoms with Gasteiger partial charge in [0.15, 0.2) is 0 Å². The van der Waals surface area contributed by atoms with Crippen LogP contribution < -0.4 is 15.4 Å². The average Bonchev–Trinajstić information content (AvgIpc) is 3.12. The van der Waals surface area contributed by atoms with Crippen LogP contribution in [0.5, 0.6) is 5.88 Å². The number of aliphatic hydroxyl groups excluding tert-OH is 1. The molecule has 0 aliphatic rings. The highest BCUT2D eigenvalue weighted by molar-refractivity contribution is 5.93. The van der Waals surface area contributed by atoms with E-state index in [9.17, 15) is 4.79 Å². The van der Waals surface area contributed by atoms with Gasteiger partial charge in [-0.3, -0.25) is 10.4 Å². The predicted octanol–water partition coefficient (Wildman–Crippen LogP) is 2.36. The minimum atomic E-state index is -0.378. The molecule has 0 bridgehead atoms. The summed E-state index contributed by atoms with van der Waals surface area (Å²) in [6, 6.07) is 10.8. The number of hydrogen-bond acceptors (Lipinski definition) is 6. The van der Waals surface area contributed by atoms with Gasteiger partial charge in [-0.05, 0) is 12.5 Å². The number of ether oxygens (including phenoxy) is 2. The molecule has 0 spiro atoms. The van der Waals surface area contributed by atoms with E-state index in [4.69, 9.17) is 14.6 Å². The van der Waals surface area contributed by atoms with Crippen LogP contribution in [0.15, 0.2) is 36.4 Å². The number of carbonyl (C=O) groups is 1. The van der Waals surface area contributed by atoms with Gasteiger partial charge in [0.05, 0.1) is 49.6 Å². The van der Waals surface area contributed by atoms with Crippen molar-refractivity contribution < 1.29 is 19.4 Å². The van der Waals surface area contributed by atoms with Crippen LogP contribution in [0.1, 0.15) is 24.2 Å². The Hall–Kier alpha value is -3.17. The minimum Gasteiger partial charge on any atom is -0.479 e. The van der Waals surface area contributed by atoms with Gasteiger partial charge >= 0.3 is 6.03 Å². The number of rotatable bonds is 8. The number of pyridine rings is 1. The molecule has 0 aliphatic heterocycles. The van der Waals surface area contributed by atoms with Crippen molar-refractivity contribution in [2.45, 2.75) is 19.6 Å². The Bertz CT molecular complexity index is 929. The summed E-state index contributed by atoms with van der Waals surface area (Å²) in [5, 5.41) is 22.1. The fourth-order valence-corrected chi connectivity index (χ4v) is 2.82. The van der Waals surface area contributed by atoms with Gasteiger partial charge in [0, 0.05) is 6.07 Å². The molecule has 3 aromatic rings. The molecule has 9 heteroatoms. The molecule has 2 heterocycles. The SMILES string of the molecule is COc1n[nH]c2cc(NC(=O)N[C@H](C)c3ccccc3)nc(COCCO)c12. The number of nitrogens with one attached hydrogen (secondary N) is 3. The van der Waals surface area contributed by atoms with Crippen molar-refractivity contribution in [3.8, 4) is 5.88 Å². The number of aromatic amines is 1. The first-order chi connectivity index (χ1) is 13.6. The van der Waals surface area contributed by atoms with E-state index in [-0.39, 0.29) is 31.9 Å². The van der Waals surface area contributed by atoms with Crippen LogP contribution in [0.25, 0.3) is 10.9 Å². The van der Waals surface area contributed by atoms with Crippen LogP contribution in [-0.4, -0.2) is 46.6 Å². The molecule has 148 valence electrons. The molecule has 2 amide bonds. The molecule has 4 N–H and O–H groups in total. The largest absolute Gasteiger partial charge is 0.479 e. The number of hydrogen-bond donors (Lipinski definition) is 4. The molecular weight excluding hydrogens is 362 g/mol. The first-order valence-electron chi connectivity index (χ1n) is 8.85. The lowest BCUT2D eigenvalue weighted by Gasteiger charge is -2.15. The van der Waals surface area contributed by atoms with E-state index in [0.29, 0.717) is 28.3 Å². The van der Waals surface area contributed by atoms with Crippen LogP contribution in [0.4, 0.5) is 10.6 Å². The van der Waals surface area contributed by atoms with Crippen LogP contribution >= 0.6 is 0 Å². The number of fused-ring (bicyclic) bond motifs is 1. The van der Waals surface area contributed by atoms with Crippen molar-refractivity contribution in [1.82, 2.24) is 20.5 Å². The maximum absolute atomic E-state index is 12.4. The quantitative estimate of drug-likeness (QED) is 0.442. The fourth-order valence-electron chi connectivity index (χ4n) is 2.82. The van der Waals surface area contributed by atoms with Gasteiger partial charge in [0.2, 0.25) is 5.88 Å². The lowest BCUT2D eigenvalue weighted by atomic mass is 10.1. The standard InChI is InChI=1S/C19H23N5O4/c1-12(13-6-4-3-5-7-13)20-19(26)22-16-10-14-17(18(27-2)24-23-14)15(21-16)11-28-9-8-25/h3-7,10,12,25H,8-9,11H2,1-2H3,(H,23,24)(H2,20,21,22,26)/t12-/m1/s1. The molecule has 28 heavy (non-hydrogen) atoms. The monoisotopic (exact) mass is 385 g/mol. The Balaban J connectivity index is 1.77. The summed E-state index contributed by atoms with van der Waals surface area (Å²) in [6.07, 6.45) is 0. The minimum absolute atomic E-state index is 0.0939. The zero-order chi connectivity index (χ0) is 19.9. The summed E-state index contributed by atoms with van der Waals surface area (Å²) >= 11 is 0. The zero-order valence-corrected chi connectivity index (χ0v) is 15.7. The molecule has 0 radical (unpaired) electrons. The number of aliphatic hydroxyl groups is 1. The zero-order valence-electron chi connectivity index (χ0n) is 15.7. The van der Waals surface area contributed by atoms with Gasteiger partial charge in [-0.2, -0.15) is 0 Å². The van der Waals surface area contributed by atoms with E-state index < -0.39 is 0 Å². The second-order valence-electron chi connectivity index (χ2n) is 6.12. The van der Waals surface area contributed by atoms with Gasteiger partial charge in [0.25, 0.3) is 0 Å². The second-order valence-corrected chi connectivity index (χ2v) is 6.12. The van der Waals surface area contributed by atoms with Gasteiger partial charge in [0.1, 0.15) is 5.82 Å². The number of anilines is 1. The van der Waals surface area contributed by atoms with E-state index in [2.05, 4.69) is 25.8 Å². The van der Waals surface area contributed by atoms with Crippen molar-refractivity contribution in [1.29, 1.82) is 0 Å².